The topological polar surface area (TPSA) is 46.8 Å². The number of nitrogens with zero attached hydrogens (tertiary/aromatic N) is 3. The van der Waals surface area contributed by atoms with Gasteiger partial charge in [0.25, 0.3) is 5.91 Å². The number of carbonyl (C=O) groups excluding carboxylic acids is 1. The minimum absolute atomic E-state index is 0.210. The molecule has 0 spiro atoms. The van der Waals surface area contributed by atoms with Crippen LogP contribution in [0.15, 0.2) is 24.4 Å². The van der Waals surface area contributed by atoms with Gasteiger partial charge >= 0.3 is 0 Å². The zero-order valence-corrected chi connectivity index (χ0v) is 9.47. The lowest BCUT2D eigenvalue weighted by atomic mass is 10.3. The highest BCUT2D eigenvalue weighted by Gasteiger charge is 2.19. The van der Waals surface area contributed by atoms with Gasteiger partial charge in [-0.25, -0.2) is 10.0 Å². The van der Waals surface area contributed by atoms with Crippen LogP contribution in [-0.2, 0) is 4.84 Å². The van der Waals surface area contributed by atoms with Crippen molar-refractivity contribution in [2.75, 3.05) is 14.2 Å². The van der Waals surface area contributed by atoms with Crippen molar-refractivity contribution in [3.8, 4) is 0 Å². The number of pyridine rings is 1. The molecule has 0 aliphatic heterocycles. The lowest BCUT2D eigenvalue weighted by molar-refractivity contribution is -0.0761. The van der Waals surface area contributed by atoms with Gasteiger partial charge in [0.05, 0.1) is 12.8 Å². The van der Waals surface area contributed by atoms with Gasteiger partial charge in [-0.05, 0) is 19.1 Å². The van der Waals surface area contributed by atoms with E-state index in [0.29, 0.717) is 11.4 Å². The van der Waals surface area contributed by atoms with Crippen molar-refractivity contribution in [1.82, 2.24) is 14.4 Å². The maximum absolute atomic E-state index is 12.0. The quantitative estimate of drug-likeness (QED) is 0.715. The molecule has 0 radical (unpaired) electrons. The number of aryl methyl sites for hydroxylation is 1. The largest absolute Gasteiger partial charge is 0.296 e. The summed E-state index contributed by atoms with van der Waals surface area (Å²) in [4.78, 5) is 21.2. The van der Waals surface area contributed by atoms with Gasteiger partial charge in [-0.1, -0.05) is 6.07 Å². The van der Waals surface area contributed by atoms with Gasteiger partial charge in [0.1, 0.15) is 11.3 Å². The highest BCUT2D eigenvalue weighted by Crippen LogP contribution is 2.13. The van der Waals surface area contributed by atoms with Crippen LogP contribution in [0.3, 0.4) is 0 Å². The van der Waals surface area contributed by atoms with Crippen LogP contribution in [0.1, 0.15) is 16.2 Å². The zero-order valence-electron chi connectivity index (χ0n) is 9.47. The Hall–Kier alpha value is -1.88. The molecule has 0 saturated carbocycles. The first-order valence-corrected chi connectivity index (χ1v) is 4.91. The Balaban J connectivity index is 2.59. The molecule has 2 heterocycles. The van der Waals surface area contributed by atoms with E-state index >= 15 is 0 Å². The Morgan fingerprint density at radius 1 is 1.50 bits per heavy atom. The van der Waals surface area contributed by atoms with Crippen molar-refractivity contribution in [1.29, 1.82) is 0 Å². The van der Waals surface area contributed by atoms with E-state index in [9.17, 15) is 4.79 Å². The highest BCUT2D eigenvalue weighted by atomic mass is 16.7. The van der Waals surface area contributed by atoms with Gasteiger partial charge in [-0.3, -0.25) is 14.0 Å². The predicted octanol–water partition coefficient (Wildman–Crippen LogP) is 1.28. The molecule has 0 aliphatic carbocycles. The van der Waals surface area contributed by atoms with Gasteiger partial charge in [-0.15, -0.1) is 0 Å². The monoisotopic (exact) mass is 219 g/mol. The molecule has 0 bridgehead atoms. The van der Waals surface area contributed by atoms with Crippen LogP contribution < -0.4 is 0 Å². The summed E-state index contributed by atoms with van der Waals surface area (Å²) in [5.41, 5.74) is 1.98. The first-order valence-electron chi connectivity index (χ1n) is 4.91. The molecule has 5 nitrogen and oxygen atoms in total. The second kappa shape index (κ2) is 3.94. The number of rotatable bonds is 2. The van der Waals surface area contributed by atoms with E-state index in [1.54, 1.807) is 11.4 Å². The fourth-order valence-corrected chi connectivity index (χ4v) is 1.60. The third-order valence-corrected chi connectivity index (χ3v) is 2.47. The Bertz CT molecular complexity index is 533. The molecule has 84 valence electrons. The maximum atomic E-state index is 12.0. The summed E-state index contributed by atoms with van der Waals surface area (Å²) in [6.45, 7) is 1.81. The second-order valence-electron chi connectivity index (χ2n) is 3.46. The highest BCUT2D eigenvalue weighted by molar-refractivity contribution is 5.93. The lowest BCUT2D eigenvalue weighted by Gasteiger charge is -2.13. The molecular weight excluding hydrogens is 206 g/mol. The molecule has 1 amide bonds. The van der Waals surface area contributed by atoms with E-state index < -0.39 is 0 Å². The fraction of sp³-hybridized carbons (Fsp3) is 0.273. The second-order valence-corrected chi connectivity index (χ2v) is 3.46. The van der Waals surface area contributed by atoms with Crippen LogP contribution in [0.2, 0.25) is 0 Å². The van der Waals surface area contributed by atoms with Gasteiger partial charge in [-0.2, -0.15) is 0 Å². The standard InChI is InChI=1S/C11H13N3O2/c1-8-10(11(15)13(2)16-3)14-7-5-4-6-9(14)12-8/h4-7H,1-3H3. The molecule has 5 heteroatoms. The van der Waals surface area contributed by atoms with Gasteiger partial charge in [0, 0.05) is 13.2 Å². The van der Waals surface area contributed by atoms with Crippen molar-refractivity contribution >= 4 is 11.6 Å². The molecule has 0 aromatic carbocycles. The lowest BCUT2D eigenvalue weighted by Crippen LogP contribution is -2.27. The van der Waals surface area contributed by atoms with Crippen molar-refractivity contribution in [3.63, 3.8) is 0 Å². The summed E-state index contributed by atoms with van der Waals surface area (Å²) in [7, 11) is 3.03. The van der Waals surface area contributed by atoms with Crippen LogP contribution >= 0.6 is 0 Å². The summed E-state index contributed by atoms with van der Waals surface area (Å²) in [5, 5.41) is 1.18. The van der Waals surface area contributed by atoms with Crippen molar-refractivity contribution in [2.45, 2.75) is 6.92 Å². The normalized spacial score (nSPS) is 10.7. The van der Waals surface area contributed by atoms with Gasteiger partial charge in [0.15, 0.2) is 0 Å². The van der Waals surface area contributed by atoms with E-state index in [0.717, 1.165) is 5.65 Å². The third-order valence-electron chi connectivity index (χ3n) is 2.47. The predicted molar refractivity (Wildman–Crippen MR) is 59.0 cm³/mol. The molecule has 0 unspecified atom stereocenters. The molecule has 0 atom stereocenters. The van der Waals surface area contributed by atoms with Crippen LogP contribution in [0, 0.1) is 6.92 Å². The van der Waals surface area contributed by atoms with E-state index in [2.05, 4.69) is 4.98 Å². The maximum Gasteiger partial charge on any atom is 0.296 e. The molecule has 0 N–H and O–H groups in total. The number of hydrogen-bond acceptors (Lipinski definition) is 3. The van der Waals surface area contributed by atoms with Crippen LogP contribution in [0.25, 0.3) is 5.65 Å². The first-order chi connectivity index (χ1) is 7.65. The number of aromatic nitrogens is 2. The van der Waals surface area contributed by atoms with E-state index in [4.69, 9.17) is 4.84 Å². The number of imidazole rings is 1. The molecule has 0 aliphatic rings. The molecule has 2 aromatic rings. The first kappa shape index (κ1) is 10.6. The van der Waals surface area contributed by atoms with Gasteiger partial charge < -0.3 is 0 Å². The van der Waals surface area contributed by atoms with Crippen LogP contribution in [0.4, 0.5) is 0 Å². The van der Waals surface area contributed by atoms with Crippen molar-refractivity contribution < 1.29 is 9.63 Å². The van der Waals surface area contributed by atoms with E-state index in [1.165, 1.54) is 12.2 Å². The molecule has 2 rings (SSSR count). The van der Waals surface area contributed by atoms with Gasteiger partial charge in [0.2, 0.25) is 0 Å². The smallest absolute Gasteiger partial charge is 0.295 e. The minimum atomic E-state index is -0.210. The third kappa shape index (κ3) is 1.55. The molecule has 0 saturated heterocycles. The number of amides is 1. The van der Waals surface area contributed by atoms with Crippen molar-refractivity contribution in [2.24, 2.45) is 0 Å². The number of fused-ring (bicyclic) bond motifs is 1. The molecule has 16 heavy (non-hydrogen) atoms. The average Bonchev–Trinajstić information content (AvgIpc) is 2.63. The molecule has 0 fully saturated rings. The summed E-state index contributed by atoms with van der Waals surface area (Å²) in [6, 6.07) is 5.60. The summed E-state index contributed by atoms with van der Waals surface area (Å²) < 4.78 is 1.76. The van der Waals surface area contributed by atoms with Crippen LogP contribution in [-0.4, -0.2) is 34.5 Å². The Morgan fingerprint density at radius 3 is 2.94 bits per heavy atom. The SMILES string of the molecule is CON(C)C(=O)c1c(C)nc2ccccn12. The Labute approximate surface area is 93.2 Å². The molecule has 2 aromatic heterocycles. The van der Waals surface area contributed by atoms with E-state index in [1.807, 2.05) is 31.3 Å². The Morgan fingerprint density at radius 2 is 2.25 bits per heavy atom. The fourth-order valence-electron chi connectivity index (χ4n) is 1.60. The van der Waals surface area contributed by atoms with Crippen molar-refractivity contribution in [3.05, 3.63) is 35.8 Å². The number of carbonyl (C=O) groups is 1. The van der Waals surface area contributed by atoms with Crippen LogP contribution in [0.5, 0.6) is 0 Å². The zero-order chi connectivity index (χ0) is 11.7. The van der Waals surface area contributed by atoms with E-state index in [-0.39, 0.29) is 5.91 Å². The number of hydrogen-bond donors (Lipinski definition) is 0. The number of hydroxylamine groups is 2. The summed E-state index contributed by atoms with van der Waals surface area (Å²) in [5.74, 6) is -0.210. The molecular formula is C11H13N3O2. The summed E-state index contributed by atoms with van der Waals surface area (Å²) in [6.07, 6.45) is 1.81. The summed E-state index contributed by atoms with van der Waals surface area (Å²) >= 11 is 0. The Kier molecular flexibility index (Phi) is 2.62. The minimum Gasteiger partial charge on any atom is -0.295 e. The average molecular weight is 219 g/mol.